The Kier molecular flexibility index (Phi) is 7.85. The first-order chi connectivity index (χ1) is 15.2. The molecule has 0 amide bonds. The predicted octanol–water partition coefficient (Wildman–Crippen LogP) is 6.45. The highest BCUT2D eigenvalue weighted by Gasteiger charge is 2.32. The normalized spacial score (nSPS) is 19.4. The van der Waals surface area contributed by atoms with Gasteiger partial charge in [-0.2, -0.15) is 0 Å². The average molecular weight is 424 g/mol. The van der Waals surface area contributed by atoms with Gasteiger partial charge in [0.25, 0.3) is 0 Å². The highest BCUT2D eigenvalue weighted by atomic mass is 16.5. The molecule has 168 valence electrons. The van der Waals surface area contributed by atoms with E-state index in [1.165, 1.54) is 51.4 Å². The molecule has 2 aromatic rings. The van der Waals surface area contributed by atoms with E-state index in [0.717, 1.165) is 36.5 Å². The van der Waals surface area contributed by atoms with Gasteiger partial charge in [-0.3, -0.25) is 9.69 Å². The average Bonchev–Trinajstić information content (AvgIpc) is 3.27. The zero-order valence-corrected chi connectivity index (χ0v) is 18.9. The molecule has 1 heterocycles. The van der Waals surface area contributed by atoms with E-state index < -0.39 is 0 Å². The fraction of sp³-hybridized carbons (Fsp3) is 0.593. The number of benzene rings is 1. The second-order valence-corrected chi connectivity index (χ2v) is 9.47. The van der Waals surface area contributed by atoms with Gasteiger partial charge in [-0.15, -0.1) is 0 Å². The molecule has 4 heteroatoms. The lowest BCUT2D eigenvalue weighted by atomic mass is 9.77. The van der Waals surface area contributed by atoms with Gasteiger partial charge in [0.2, 0.25) is 0 Å². The van der Waals surface area contributed by atoms with Crippen LogP contribution in [0.2, 0.25) is 0 Å². The Morgan fingerprint density at radius 2 is 1.58 bits per heavy atom. The fourth-order valence-corrected chi connectivity index (χ4v) is 5.44. The summed E-state index contributed by atoms with van der Waals surface area (Å²) in [4.78, 5) is 15.5. The largest absolute Gasteiger partial charge is 0.461 e. The number of hydrogen-bond acceptors (Lipinski definition) is 4. The monoisotopic (exact) mass is 423 g/mol. The maximum absolute atomic E-state index is 13.1. The van der Waals surface area contributed by atoms with E-state index in [2.05, 4.69) is 24.1 Å². The first kappa shape index (κ1) is 22.1. The molecule has 0 bridgehead atoms. The van der Waals surface area contributed by atoms with Crippen LogP contribution in [-0.4, -0.2) is 24.0 Å². The summed E-state index contributed by atoms with van der Waals surface area (Å²) in [6.45, 7) is 1.02. The van der Waals surface area contributed by atoms with Gasteiger partial charge >= 0.3 is 5.97 Å². The zero-order valence-electron chi connectivity index (χ0n) is 18.9. The molecule has 0 aliphatic heterocycles. The molecule has 1 atom stereocenters. The van der Waals surface area contributed by atoms with Crippen molar-refractivity contribution in [3.05, 3.63) is 59.5 Å². The molecule has 31 heavy (non-hydrogen) atoms. The van der Waals surface area contributed by atoms with Crippen molar-refractivity contribution >= 4 is 5.97 Å². The molecule has 0 saturated heterocycles. The Morgan fingerprint density at radius 3 is 2.29 bits per heavy atom. The van der Waals surface area contributed by atoms with Crippen LogP contribution in [0, 0.1) is 5.92 Å². The van der Waals surface area contributed by atoms with Gasteiger partial charge in [0, 0.05) is 6.04 Å². The Labute approximate surface area is 187 Å². The molecular weight excluding hydrogens is 386 g/mol. The first-order valence-electron chi connectivity index (χ1n) is 12.2. The van der Waals surface area contributed by atoms with Gasteiger partial charge in [-0.25, -0.2) is 0 Å². The van der Waals surface area contributed by atoms with Crippen LogP contribution in [0.4, 0.5) is 0 Å². The van der Waals surface area contributed by atoms with Crippen LogP contribution in [0.3, 0.4) is 0 Å². The van der Waals surface area contributed by atoms with Gasteiger partial charge < -0.3 is 9.15 Å². The highest BCUT2D eigenvalue weighted by molar-refractivity contribution is 5.78. The Hall–Kier alpha value is -2.07. The Morgan fingerprint density at radius 1 is 0.935 bits per heavy atom. The molecule has 2 fully saturated rings. The molecule has 0 radical (unpaired) electrons. The first-order valence-corrected chi connectivity index (χ1v) is 12.2. The summed E-state index contributed by atoms with van der Waals surface area (Å²) in [5, 5.41) is 0. The van der Waals surface area contributed by atoms with Gasteiger partial charge in [0.05, 0.1) is 12.5 Å². The van der Waals surface area contributed by atoms with E-state index in [1.807, 2.05) is 30.3 Å². The maximum Gasteiger partial charge on any atom is 0.314 e. The maximum atomic E-state index is 13.1. The number of nitrogens with zero attached hydrogens (tertiary/aromatic N) is 1. The number of esters is 1. The fourth-order valence-electron chi connectivity index (χ4n) is 5.44. The van der Waals surface area contributed by atoms with E-state index in [-0.39, 0.29) is 18.5 Å². The summed E-state index contributed by atoms with van der Waals surface area (Å²) in [6, 6.07) is 14.8. The second kappa shape index (κ2) is 11.0. The van der Waals surface area contributed by atoms with Crippen LogP contribution in [-0.2, 0) is 22.7 Å². The lowest BCUT2D eigenvalue weighted by Crippen LogP contribution is -2.32. The third-order valence-electron chi connectivity index (χ3n) is 7.21. The van der Waals surface area contributed by atoms with E-state index in [0.29, 0.717) is 12.0 Å². The van der Waals surface area contributed by atoms with Crippen LogP contribution >= 0.6 is 0 Å². The van der Waals surface area contributed by atoms with E-state index >= 15 is 0 Å². The molecule has 0 N–H and O–H groups in total. The van der Waals surface area contributed by atoms with Crippen molar-refractivity contribution in [1.29, 1.82) is 0 Å². The van der Waals surface area contributed by atoms with Crippen LogP contribution in [0.25, 0.3) is 0 Å². The predicted molar refractivity (Wildman–Crippen MR) is 123 cm³/mol. The molecular formula is C27H37NO3. The minimum absolute atomic E-state index is 0.115. The van der Waals surface area contributed by atoms with E-state index in [4.69, 9.17) is 9.15 Å². The number of carbonyl (C=O) groups excluding carboxylic acids is 1. The summed E-state index contributed by atoms with van der Waals surface area (Å²) < 4.78 is 11.8. The molecule has 2 saturated carbocycles. The number of carbonyl (C=O) groups is 1. The van der Waals surface area contributed by atoms with Gasteiger partial charge in [0.15, 0.2) is 0 Å². The smallest absolute Gasteiger partial charge is 0.314 e. The lowest BCUT2D eigenvalue weighted by molar-refractivity contribution is -0.149. The third kappa shape index (κ3) is 6.00. The molecule has 4 nitrogen and oxygen atoms in total. The van der Waals surface area contributed by atoms with Crippen molar-refractivity contribution < 1.29 is 13.9 Å². The molecule has 2 aliphatic rings. The summed E-state index contributed by atoms with van der Waals surface area (Å²) in [5.74, 6) is 1.77. The minimum Gasteiger partial charge on any atom is -0.461 e. The summed E-state index contributed by atoms with van der Waals surface area (Å²) in [6.07, 6.45) is 12.5. The van der Waals surface area contributed by atoms with Crippen LogP contribution in [0.15, 0.2) is 46.9 Å². The number of rotatable bonds is 8. The second-order valence-electron chi connectivity index (χ2n) is 9.47. The van der Waals surface area contributed by atoms with Gasteiger partial charge in [-0.1, -0.05) is 68.9 Å². The molecule has 1 aromatic carbocycles. The standard InChI is InChI=1S/C27H37NO3/c1-28(23-15-9-4-10-16-23)19-24-17-18-25(31-24)20-30-27(29)26(21-11-5-2-6-12-21)22-13-7-3-8-14-22/h2,5-6,11-12,17-18,22-23,26H,3-4,7-10,13-16,19-20H2,1H3. The summed E-state index contributed by atoms with van der Waals surface area (Å²) in [5.41, 5.74) is 1.08. The Bertz CT molecular complexity index is 803. The molecule has 1 aromatic heterocycles. The van der Waals surface area contributed by atoms with Crippen molar-refractivity contribution in [2.24, 2.45) is 5.92 Å². The quantitative estimate of drug-likeness (QED) is 0.458. The SMILES string of the molecule is CN(Cc1ccc(COC(=O)C(c2ccccc2)C2CCCCC2)o1)C1CCCCC1. The highest BCUT2D eigenvalue weighted by Crippen LogP contribution is 2.37. The molecule has 2 aliphatic carbocycles. The van der Waals surface area contributed by atoms with Crippen LogP contribution in [0.5, 0.6) is 0 Å². The van der Waals surface area contributed by atoms with Crippen molar-refractivity contribution in [2.75, 3.05) is 7.05 Å². The third-order valence-corrected chi connectivity index (χ3v) is 7.21. The summed E-state index contributed by atoms with van der Waals surface area (Å²) >= 11 is 0. The minimum atomic E-state index is -0.173. The van der Waals surface area contributed by atoms with Crippen LogP contribution in [0.1, 0.15) is 87.2 Å². The zero-order chi connectivity index (χ0) is 21.5. The number of hydrogen-bond donors (Lipinski definition) is 0. The van der Waals surface area contributed by atoms with E-state index in [1.54, 1.807) is 0 Å². The van der Waals surface area contributed by atoms with Gasteiger partial charge in [-0.05, 0) is 56.3 Å². The molecule has 0 spiro atoms. The van der Waals surface area contributed by atoms with Crippen molar-refractivity contribution in [3.8, 4) is 0 Å². The van der Waals surface area contributed by atoms with Crippen molar-refractivity contribution in [2.45, 2.75) is 89.3 Å². The number of ether oxygens (including phenoxy) is 1. The van der Waals surface area contributed by atoms with Crippen LogP contribution < -0.4 is 0 Å². The lowest BCUT2D eigenvalue weighted by Gasteiger charge is -2.30. The summed E-state index contributed by atoms with van der Waals surface area (Å²) in [7, 11) is 2.19. The van der Waals surface area contributed by atoms with E-state index in [9.17, 15) is 4.79 Å². The van der Waals surface area contributed by atoms with Gasteiger partial charge in [0.1, 0.15) is 18.1 Å². The Balaban J connectivity index is 1.34. The number of furan rings is 1. The molecule has 4 rings (SSSR count). The topological polar surface area (TPSA) is 42.7 Å². The van der Waals surface area contributed by atoms with Crippen molar-refractivity contribution in [1.82, 2.24) is 4.90 Å². The molecule has 1 unspecified atom stereocenters. The van der Waals surface area contributed by atoms with Crippen molar-refractivity contribution in [3.63, 3.8) is 0 Å².